The van der Waals surface area contributed by atoms with E-state index in [0.29, 0.717) is 25.2 Å². The van der Waals surface area contributed by atoms with E-state index in [1.54, 1.807) is 0 Å². The first kappa shape index (κ1) is 22.9. The van der Waals surface area contributed by atoms with Crippen molar-refractivity contribution >= 4 is 22.1 Å². The Kier molecular flexibility index (Phi) is 12.5. The highest BCUT2D eigenvalue weighted by Crippen LogP contribution is 2.22. The van der Waals surface area contributed by atoms with Crippen molar-refractivity contribution in [1.82, 2.24) is 0 Å². The molecule has 0 aliphatic carbocycles. The van der Waals surface area contributed by atoms with Crippen molar-refractivity contribution in [3.8, 4) is 0 Å². The molecule has 0 bridgehead atoms. The van der Waals surface area contributed by atoms with Crippen molar-refractivity contribution < 1.29 is 32.4 Å². The largest absolute Gasteiger partial charge is 0.481 e. The average molecular weight is 366 g/mol. The number of carboxylic acids is 2. The van der Waals surface area contributed by atoms with Crippen molar-refractivity contribution in [2.45, 2.75) is 70.6 Å². The van der Waals surface area contributed by atoms with Crippen LogP contribution in [0.15, 0.2) is 0 Å². The van der Waals surface area contributed by atoms with Gasteiger partial charge in [-0.3, -0.25) is 13.8 Å². The van der Waals surface area contributed by atoms with Crippen LogP contribution in [0.5, 0.6) is 0 Å². The number of hydrogen-bond acceptors (Lipinski definition) is 5. The van der Waals surface area contributed by atoms with Gasteiger partial charge in [-0.1, -0.05) is 38.5 Å². The molecule has 0 saturated heterocycles. The summed E-state index contributed by atoms with van der Waals surface area (Å²) in [6, 6.07) is 0. The average Bonchev–Trinajstić information content (AvgIpc) is 2.43. The quantitative estimate of drug-likeness (QED) is 0.318. The summed E-state index contributed by atoms with van der Waals surface area (Å²) in [6.45, 7) is 0.160. The normalized spacial score (nSPS) is 11.8. The monoisotopic (exact) mass is 366 g/mol. The van der Waals surface area contributed by atoms with E-state index < -0.39 is 22.1 Å². The van der Waals surface area contributed by atoms with Crippen LogP contribution in [0.1, 0.15) is 70.6 Å². The molecule has 0 aromatic carbocycles. The van der Waals surface area contributed by atoms with E-state index in [2.05, 4.69) is 0 Å². The lowest BCUT2D eigenvalue weighted by molar-refractivity contribution is -0.138. The summed E-state index contributed by atoms with van der Waals surface area (Å²) in [5, 5.41) is 17.2. The highest BCUT2D eigenvalue weighted by molar-refractivity contribution is 7.85. The number of unbranched alkanes of at least 4 members (excludes halogenated alkanes) is 4. The van der Waals surface area contributed by atoms with Gasteiger partial charge in [0.2, 0.25) is 0 Å². The third-order valence-electron chi connectivity index (χ3n) is 3.83. The number of carbonyl (C=O) groups is 2. The Balaban J connectivity index is 4.03. The molecule has 0 unspecified atom stereocenters. The molecule has 0 fully saturated rings. The van der Waals surface area contributed by atoms with Gasteiger partial charge in [0.1, 0.15) is 0 Å². The van der Waals surface area contributed by atoms with Gasteiger partial charge in [0, 0.05) is 12.8 Å². The van der Waals surface area contributed by atoms with Gasteiger partial charge < -0.3 is 10.2 Å². The van der Waals surface area contributed by atoms with Crippen molar-refractivity contribution in [2.24, 2.45) is 5.92 Å². The molecule has 2 N–H and O–H groups in total. The fourth-order valence-electron chi connectivity index (χ4n) is 2.57. The van der Waals surface area contributed by atoms with Crippen LogP contribution in [0.3, 0.4) is 0 Å². The fraction of sp³-hybridized carbons (Fsp3) is 0.875. The summed E-state index contributed by atoms with van der Waals surface area (Å²) >= 11 is 0. The SMILES string of the molecule is CS(=O)(=O)OCCC(CCCCCC(=O)O)CCCCCC(=O)O. The summed E-state index contributed by atoms with van der Waals surface area (Å²) in [7, 11) is -3.43. The van der Waals surface area contributed by atoms with Crippen LogP contribution in [-0.2, 0) is 23.9 Å². The van der Waals surface area contributed by atoms with Crippen LogP contribution < -0.4 is 0 Å². The van der Waals surface area contributed by atoms with E-state index >= 15 is 0 Å². The van der Waals surface area contributed by atoms with E-state index in [4.69, 9.17) is 14.4 Å². The Labute approximate surface area is 144 Å². The molecular formula is C16H30O7S. The molecule has 0 radical (unpaired) electrons. The Morgan fingerprint density at radius 1 is 0.833 bits per heavy atom. The maximum Gasteiger partial charge on any atom is 0.303 e. The van der Waals surface area contributed by atoms with Crippen LogP contribution >= 0.6 is 0 Å². The Morgan fingerprint density at radius 3 is 1.67 bits per heavy atom. The molecule has 0 aromatic rings. The molecule has 0 aliphatic rings. The standard InChI is InChI=1S/C16H30O7S/c1-24(21,22)23-13-12-14(8-4-2-6-10-15(17)18)9-5-3-7-11-16(19)20/h14H,2-13H2,1H3,(H,17,18)(H,19,20). The maximum absolute atomic E-state index is 11.0. The minimum atomic E-state index is -3.43. The van der Waals surface area contributed by atoms with Gasteiger partial charge in [0.15, 0.2) is 0 Å². The molecule has 0 aromatic heterocycles. The maximum atomic E-state index is 11.0. The molecule has 0 amide bonds. The van der Waals surface area contributed by atoms with Crippen molar-refractivity contribution in [3.05, 3.63) is 0 Å². The lowest BCUT2D eigenvalue weighted by Crippen LogP contribution is -2.10. The Bertz CT molecular complexity index is 435. The van der Waals surface area contributed by atoms with Crippen molar-refractivity contribution in [1.29, 1.82) is 0 Å². The highest BCUT2D eigenvalue weighted by atomic mass is 32.2. The number of hydrogen-bond donors (Lipinski definition) is 2. The molecule has 0 rings (SSSR count). The van der Waals surface area contributed by atoms with Gasteiger partial charge in [-0.2, -0.15) is 8.42 Å². The topological polar surface area (TPSA) is 118 Å². The Hall–Kier alpha value is -1.15. The van der Waals surface area contributed by atoms with Crippen molar-refractivity contribution in [3.63, 3.8) is 0 Å². The molecule has 0 aliphatic heterocycles. The Morgan fingerprint density at radius 2 is 1.29 bits per heavy atom. The molecular weight excluding hydrogens is 336 g/mol. The van der Waals surface area contributed by atoms with E-state index in [-0.39, 0.29) is 19.4 Å². The third kappa shape index (κ3) is 17.2. The van der Waals surface area contributed by atoms with E-state index in [1.165, 1.54) is 0 Å². The first-order chi connectivity index (χ1) is 11.2. The van der Waals surface area contributed by atoms with Crippen LogP contribution in [0.25, 0.3) is 0 Å². The van der Waals surface area contributed by atoms with Crippen LogP contribution in [0.4, 0.5) is 0 Å². The van der Waals surface area contributed by atoms with Gasteiger partial charge in [-0.15, -0.1) is 0 Å². The second-order valence-electron chi connectivity index (χ2n) is 6.17. The minimum Gasteiger partial charge on any atom is -0.481 e. The summed E-state index contributed by atoms with van der Waals surface area (Å²) in [5.74, 6) is -1.25. The predicted molar refractivity (Wildman–Crippen MR) is 90.3 cm³/mol. The van der Waals surface area contributed by atoms with Gasteiger partial charge in [-0.05, 0) is 25.2 Å². The van der Waals surface area contributed by atoms with E-state index in [1.807, 2.05) is 0 Å². The van der Waals surface area contributed by atoms with Crippen LogP contribution in [0.2, 0.25) is 0 Å². The zero-order valence-corrected chi connectivity index (χ0v) is 15.2. The van der Waals surface area contributed by atoms with E-state index in [0.717, 1.165) is 44.8 Å². The first-order valence-electron chi connectivity index (χ1n) is 8.48. The smallest absolute Gasteiger partial charge is 0.303 e. The number of rotatable bonds is 16. The summed E-state index contributed by atoms with van der Waals surface area (Å²) in [6.07, 6.45) is 8.65. The number of carboxylic acid groups (broad SMARTS) is 2. The minimum absolute atomic E-state index is 0.160. The first-order valence-corrected chi connectivity index (χ1v) is 10.3. The molecule has 8 heteroatoms. The molecule has 0 heterocycles. The molecule has 24 heavy (non-hydrogen) atoms. The third-order valence-corrected chi connectivity index (χ3v) is 4.42. The second-order valence-corrected chi connectivity index (χ2v) is 7.81. The summed E-state index contributed by atoms with van der Waals surface area (Å²) in [4.78, 5) is 20.9. The van der Waals surface area contributed by atoms with Crippen LogP contribution in [-0.4, -0.2) is 43.4 Å². The lowest BCUT2D eigenvalue weighted by atomic mass is 9.92. The lowest BCUT2D eigenvalue weighted by Gasteiger charge is -2.16. The summed E-state index contributed by atoms with van der Waals surface area (Å²) < 4.78 is 26.8. The molecule has 0 atom stereocenters. The molecule has 7 nitrogen and oxygen atoms in total. The van der Waals surface area contributed by atoms with Crippen molar-refractivity contribution in [2.75, 3.05) is 12.9 Å². The molecule has 0 saturated carbocycles. The van der Waals surface area contributed by atoms with Gasteiger partial charge in [0.25, 0.3) is 10.1 Å². The van der Waals surface area contributed by atoms with Gasteiger partial charge >= 0.3 is 11.9 Å². The zero-order chi connectivity index (χ0) is 18.4. The zero-order valence-electron chi connectivity index (χ0n) is 14.4. The van der Waals surface area contributed by atoms with Crippen LogP contribution in [0, 0.1) is 5.92 Å². The molecule has 142 valence electrons. The number of aliphatic carboxylic acids is 2. The van der Waals surface area contributed by atoms with Gasteiger partial charge in [-0.25, -0.2) is 0 Å². The van der Waals surface area contributed by atoms with Gasteiger partial charge in [0.05, 0.1) is 12.9 Å². The summed E-state index contributed by atoms with van der Waals surface area (Å²) in [5.41, 5.74) is 0. The van der Waals surface area contributed by atoms with E-state index in [9.17, 15) is 18.0 Å². The highest BCUT2D eigenvalue weighted by Gasteiger charge is 2.11. The predicted octanol–water partition coefficient (Wildman–Crippen LogP) is 3.04. The fourth-order valence-corrected chi connectivity index (χ4v) is 2.97. The molecule has 0 spiro atoms. The second kappa shape index (κ2) is 13.2.